The Kier molecular flexibility index (Phi) is 4.29. The number of aromatic nitrogens is 2. The van der Waals surface area contributed by atoms with E-state index in [-0.39, 0.29) is 0 Å². The van der Waals surface area contributed by atoms with Crippen molar-refractivity contribution in [2.75, 3.05) is 25.5 Å². The van der Waals surface area contributed by atoms with Crippen molar-refractivity contribution < 1.29 is 0 Å². The zero-order valence-corrected chi connectivity index (χ0v) is 14.8. The van der Waals surface area contributed by atoms with E-state index in [1.807, 2.05) is 18.4 Å². The summed E-state index contributed by atoms with van der Waals surface area (Å²) < 4.78 is 1.30. The summed E-state index contributed by atoms with van der Waals surface area (Å²) in [5.41, 5.74) is 2.31. The van der Waals surface area contributed by atoms with E-state index in [1.165, 1.54) is 28.2 Å². The summed E-state index contributed by atoms with van der Waals surface area (Å²) in [5.74, 6) is 0.559. The number of thiazole rings is 2. The van der Waals surface area contributed by atoms with E-state index in [4.69, 9.17) is 4.98 Å². The Bertz CT molecular complexity index is 762. The topological polar surface area (TPSA) is 41.1 Å². The first-order chi connectivity index (χ1) is 11.3. The fourth-order valence-electron chi connectivity index (χ4n) is 3.19. The Morgan fingerprint density at radius 1 is 1.30 bits per heavy atom. The first-order valence-electron chi connectivity index (χ1n) is 8.02. The van der Waals surface area contributed by atoms with Crippen molar-refractivity contribution in [1.29, 1.82) is 0 Å². The van der Waals surface area contributed by atoms with Crippen LogP contribution in [0.15, 0.2) is 29.6 Å². The van der Waals surface area contributed by atoms with Crippen LogP contribution in [0, 0.1) is 0 Å². The summed E-state index contributed by atoms with van der Waals surface area (Å²) in [4.78, 5) is 12.0. The Hall–Kier alpha value is -1.50. The van der Waals surface area contributed by atoms with Crippen molar-refractivity contribution in [2.45, 2.75) is 25.3 Å². The molecule has 4 nitrogen and oxygen atoms in total. The maximum absolute atomic E-state index is 4.86. The van der Waals surface area contributed by atoms with Crippen LogP contribution in [0.1, 0.15) is 29.5 Å². The van der Waals surface area contributed by atoms with Gasteiger partial charge in [-0.15, -0.1) is 22.7 Å². The highest BCUT2D eigenvalue weighted by molar-refractivity contribution is 7.18. The van der Waals surface area contributed by atoms with Crippen LogP contribution in [-0.4, -0.2) is 35.0 Å². The van der Waals surface area contributed by atoms with Gasteiger partial charge < -0.3 is 5.32 Å². The molecule has 1 aliphatic rings. The van der Waals surface area contributed by atoms with Crippen molar-refractivity contribution in [3.05, 3.63) is 40.3 Å². The molecular weight excluding hydrogens is 324 g/mol. The van der Waals surface area contributed by atoms with Crippen LogP contribution in [0.5, 0.6) is 0 Å². The van der Waals surface area contributed by atoms with Gasteiger partial charge in [0, 0.05) is 31.4 Å². The second-order valence-electron chi connectivity index (χ2n) is 5.99. The van der Waals surface area contributed by atoms with Gasteiger partial charge in [0.05, 0.1) is 20.9 Å². The molecule has 2 aromatic heterocycles. The highest BCUT2D eigenvalue weighted by Crippen LogP contribution is 2.33. The number of anilines is 1. The number of hydrogen-bond donors (Lipinski definition) is 1. The highest BCUT2D eigenvalue weighted by Gasteiger charge is 2.24. The van der Waals surface area contributed by atoms with Crippen LogP contribution in [0.25, 0.3) is 10.2 Å². The van der Waals surface area contributed by atoms with E-state index < -0.39 is 0 Å². The van der Waals surface area contributed by atoms with E-state index in [0.29, 0.717) is 5.92 Å². The second kappa shape index (κ2) is 6.55. The molecule has 3 aromatic rings. The third kappa shape index (κ3) is 3.24. The molecule has 6 heteroatoms. The molecule has 0 saturated carbocycles. The van der Waals surface area contributed by atoms with Gasteiger partial charge in [0.2, 0.25) is 0 Å². The summed E-state index contributed by atoms with van der Waals surface area (Å²) in [6, 6.07) is 8.45. The lowest BCUT2D eigenvalue weighted by molar-refractivity contribution is 0.198. The maximum atomic E-state index is 4.86. The number of nitrogens with zero attached hydrogens (tertiary/aromatic N) is 3. The molecule has 1 fully saturated rings. The van der Waals surface area contributed by atoms with Crippen molar-refractivity contribution in [3.63, 3.8) is 0 Å². The summed E-state index contributed by atoms with van der Waals surface area (Å²) in [7, 11) is 1.92. The normalized spacial score (nSPS) is 19.3. The molecule has 0 spiro atoms. The van der Waals surface area contributed by atoms with Gasteiger partial charge in [-0.25, -0.2) is 9.97 Å². The summed E-state index contributed by atoms with van der Waals surface area (Å²) >= 11 is 3.54. The summed E-state index contributed by atoms with van der Waals surface area (Å²) in [6.45, 7) is 3.19. The third-order valence-electron chi connectivity index (χ3n) is 4.32. The number of fused-ring (bicyclic) bond motifs is 1. The lowest BCUT2D eigenvalue weighted by Gasteiger charge is -2.31. The fraction of sp³-hybridized carbons (Fsp3) is 0.412. The van der Waals surface area contributed by atoms with Gasteiger partial charge in [0.15, 0.2) is 5.13 Å². The molecule has 1 aromatic carbocycles. The van der Waals surface area contributed by atoms with Gasteiger partial charge in [-0.2, -0.15) is 0 Å². The number of nitrogens with one attached hydrogen (secondary N) is 1. The molecular formula is C17H20N4S2. The van der Waals surface area contributed by atoms with Crippen molar-refractivity contribution >= 4 is 38.0 Å². The SMILES string of the molecule is CNc1nc(CN2CCCC(c3nc4ccccc4s3)C2)cs1. The van der Waals surface area contributed by atoms with E-state index in [2.05, 4.69) is 44.8 Å². The van der Waals surface area contributed by atoms with Gasteiger partial charge in [0.1, 0.15) is 0 Å². The third-order valence-corrected chi connectivity index (χ3v) is 6.42. The van der Waals surface area contributed by atoms with Gasteiger partial charge in [-0.3, -0.25) is 4.90 Å². The minimum absolute atomic E-state index is 0.559. The number of rotatable bonds is 4. The quantitative estimate of drug-likeness (QED) is 0.771. The monoisotopic (exact) mass is 344 g/mol. The zero-order valence-electron chi connectivity index (χ0n) is 13.2. The first-order valence-corrected chi connectivity index (χ1v) is 9.71. The fourth-order valence-corrected chi connectivity index (χ4v) is 4.94. The van der Waals surface area contributed by atoms with Crippen molar-refractivity contribution in [1.82, 2.24) is 14.9 Å². The van der Waals surface area contributed by atoms with Crippen molar-refractivity contribution in [3.8, 4) is 0 Å². The van der Waals surface area contributed by atoms with Crippen LogP contribution in [0.3, 0.4) is 0 Å². The number of para-hydroxylation sites is 1. The standard InChI is InChI=1S/C17H20N4S2/c1-18-17-19-13(11-22-17)10-21-8-4-5-12(9-21)16-20-14-6-2-3-7-15(14)23-16/h2-3,6-7,11-12H,4-5,8-10H2,1H3,(H,18,19). The van der Waals surface area contributed by atoms with Gasteiger partial charge in [-0.05, 0) is 31.5 Å². The average molecular weight is 345 g/mol. The van der Waals surface area contributed by atoms with E-state index >= 15 is 0 Å². The largest absolute Gasteiger partial charge is 0.365 e. The van der Waals surface area contributed by atoms with Crippen LogP contribution in [0.4, 0.5) is 5.13 Å². The molecule has 1 unspecified atom stereocenters. The van der Waals surface area contributed by atoms with Crippen LogP contribution < -0.4 is 5.32 Å². The molecule has 0 radical (unpaired) electrons. The molecule has 4 rings (SSSR count). The number of benzene rings is 1. The Balaban J connectivity index is 1.47. The lowest BCUT2D eigenvalue weighted by atomic mass is 9.98. The highest BCUT2D eigenvalue weighted by atomic mass is 32.1. The molecule has 0 aliphatic carbocycles. The Labute approximate surface area is 144 Å². The minimum Gasteiger partial charge on any atom is -0.365 e. The summed E-state index contributed by atoms with van der Waals surface area (Å²) in [6.07, 6.45) is 2.48. The van der Waals surface area contributed by atoms with Crippen LogP contribution in [-0.2, 0) is 6.54 Å². The number of piperidine rings is 1. The molecule has 1 atom stereocenters. The smallest absolute Gasteiger partial charge is 0.182 e. The predicted octanol–water partition coefficient (Wildman–Crippen LogP) is 4.17. The van der Waals surface area contributed by atoms with Gasteiger partial charge in [-0.1, -0.05) is 12.1 Å². The van der Waals surface area contributed by atoms with E-state index in [0.717, 1.165) is 30.3 Å². The molecule has 0 amide bonds. The first kappa shape index (κ1) is 15.1. The maximum Gasteiger partial charge on any atom is 0.182 e. The minimum atomic E-state index is 0.559. The van der Waals surface area contributed by atoms with Crippen LogP contribution in [0.2, 0.25) is 0 Å². The van der Waals surface area contributed by atoms with Gasteiger partial charge in [0.25, 0.3) is 0 Å². The van der Waals surface area contributed by atoms with Crippen molar-refractivity contribution in [2.24, 2.45) is 0 Å². The molecule has 1 N–H and O–H groups in total. The van der Waals surface area contributed by atoms with E-state index in [1.54, 1.807) is 11.3 Å². The predicted molar refractivity (Wildman–Crippen MR) is 98.5 cm³/mol. The molecule has 1 aliphatic heterocycles. The lowest BCUT2D eigenvalue weighted by Crippen LogP contribution is -2.33. The molecule has 120 valence electrons. The van der Waals surface area contributed by atoms with E-state index in [9.17, 15) is 0 Å². The van der Waals surface area contributed by atoms with Crippen LogP contribution >= 0.6 is 22.7 Å². The average Bonchev–Trinajstić information content (AvgIpc) is 3.21. The molecule has 3 heterocycles. The molecule has 1 saturated heterocycles. The Morgan fingerprint density at radius 3 is 3.04 bits per heavy atom. The molecule has 23 heavy (non-hydrogen) atoms. The zero-order chi connectivity index (χ0) is 15.6. The second-order valence-corrected chi connectivity index (χ2v) is 7.91. The number of hydrogen-bond acceptors (Lipinski definition) is 6. The van der Waals surface area contributed by atoms with Gasteiger partial charge >= 0.3 is 0 Å². The Morgan fingerprint density at radius 2 is 2.22 bits per heavy atom. The molecule has 0 bridgehead atoms. The number of likely N-dealkylation sites (tertiary alicyclic amines) is 1. The summed E-state index contributed by atoms with van der Waals surface area (Å²) in [5, 5.41) is 7.57.